The molecule has 0 saturated carbocycles. The van der Waals surface area contributed by atoms with Gasteiger partial charge in [0.1, 0.15) is 12.0 Å². The normalized spacial score (nSPS) is 41.3. The van der Waals surface area contributed by atoms with E-state index in [4.69, 9.17) is 4.74 Å². The van der Waals surface area contributed by atoms with Crippen molar-refractivity contribution in [1.82, 2.24) is 0 Å². The number of hydrogen-bond acceptors (Lipinski definition) is 2. The van der Waals surface area contributed by atoms with Gasteiger partial charge in [0, 0.05) is 25.7 Å². The fourth-order valence-electron chi connectivity index (χ4n) is 4.32. The van der Waals surface area contributed by atoms with Gasteiger partial charge in [-0.1, -0.05) is 0 Å². The second-order valence-corrected chi connectivity index (χ2v) is 5.41. The molecule has 3 atom stereocenters. The molecule has 15 heavy (non-hydrogen) atoms. The lowest BCUT2D eigenvalue weighted by Gasteiger charge is -2.55. The summed E-state index contributed by atoms with van der Waals surface area (Å²) in [5.41, 5.74) is 0. The van der Waals surface area contributed by atoms with E-state index in [0.717, 1.165) is 12.5 Å². The molecule has 0 aromatic rings. The van der Waals surface area contributed by atoms with E-state index in [0.29, 0.717) is 6.04 Å². The average molecular weight is 210 g/mol. The number of piperidine rings is 1. The summed E-state index contributed by atoms with van der Waals surface area (Å²) in [5, 5.41) is 0. The van der Waals surface area contributed by atoms with E-state index in [1.807, 2.05) is 0 Å². The number of hydrogen-bond donors (Lipinski definition) is 0. The van der Waals surface area contributed by atoms with Crippen LogP contribution in [0, 0.1) is 5.92 Å². The van der Waals surface area contributed by atoms with E-state index < -0.39 is 0 Å². The Morgan fingerprint density at radius 3 is 2.53 bits per heavy atom. The highest BCUT2D eigenvalue weighted by molar-refractivity contribution is 5.73. The first-order valence-electron chi connectivity index (χ1n) is 6.22. The average Bonchev–Trinajstić information content (AvgIpc) is 2.45. The van der Waals surface area contributed by atoms with E-state index in [1.165, 1.54) is 50.4 Å². The van der Waals surface area contributed by atoms with Crippen LogP contribution >= 0.6 is 0 Å². The minimum Gasteiger partial charge on any atom is -0.469 e. The van der Waals surface area contributed by atoms with E-state index in [1.54, 1.807) is 0 Å². The number of carbonyl (C=O) groups is 1. The maximum atomic E-state index is 11.8. The fourth-order valence-corrected chi connectivity index (χ4v) is 4.32. The van der Waals surface area contributed by atoms with Crippen LogP contribution in [0.4, 0.5) is 0 Å². The van der Waals surface area contributed by atoms with Crippen LogP contribution in [0.25, 0.3) is 0 Å². The number of quaternary nitrogens is 1. The Labute approximate surface area is 91.0 Å². The molecule has 3 heterocycles. The zero-order chi connectivity index (χ0) is 10.5. The molecule has 0 amide bonds. The van der Waals surface area contributed by atoms with Gasteiger partial charge in [-0.3, -0.25) is 4.79 Å². The summed E-state index contributed by atoms with van der Waals surface area (Å²) >= 11 is 0. The molecule has 0 N–H and O–H groups in total. The molecule has 3 rings (SSSR count). The summed E-state index contributed by atoms with van der Waals surface area (Å²) in [6, 6.07) is 1.48. The Hall–Kier alpha value is -0.570. The number of methoxy groups -OCH3 is 1. The minimum atomic E-state index is 0.0461. The Bertz CT molecular complexity index is 285. The molecular formula is C12H20NO2+. The molecule has 0 aromatic carbocycles. The van der Waals surface area contributed by atoms with Gasteiger partial charge in [-0.2, -0.15) is 0 Å². The van der Waals surface area contributed by atoms with Gasteiger partial charge in [0.15, 0.2) is 0 Å². The number of rotatable bonds is 1. The van der Waals surface area contributed by atoms with Gasteiger partial charge in [-0.15, -0.1) is 0 Å². The van der Waals surface area contributed by atoms with Crippen LogP contribution in [0.5, 0.6) is 0 Å². The summed E-state index contributed by atoms with van der Waals surface area (Å²) in [6.07, 6.45) is 6.28. The minimum absolute atomic E-state index is 0.0461. The number of esters is 1. The first-order valence-corrected chi connectivity index (χ1v) is 6.22. The van der Waals surface area contributed by atoms with Crippen molar-refractivity contribution in [2.75, 3.05) is 20.2 Å². The predicted octanol–water partition coefficient (Wildman–Crippen LogP) is 1.32. The number of nitrogens with zero attached hydrogens (tertiary/aromatic N) is 1. The van der Waals surface area contributed by atoms with Gasteiger partial charge in [0.05, 0.1) is 26.2 Å². The Morgan fingerprint density at radius 2 is 1.93 bits per heavy atom. The van der Waals surface area contributed by atoms with Crippen LogP contribution in [0.15, 0.2) is 0 Å². The lowest BCUT2D eigenvalue weighted by atomic mass is 9.84. The molecule has 0 aliphatic carbocycles. The molecule has 0 aromatic heterocycles. The molecule has 3 nitrogen and oxygen atoms in total. The molecule has 3 aliphatic heterocycles. The van der Waals surface area contributed by atoms with Crippen LogP contribution in [0.3, 0.4) is 0 Å². The standard InChI is InChI=1S/C12H20NO2/c1-15-12(14)10-5-3-9-4-6-11(10)13(9)7-2-8-13/h9-11H,2-8H2,1H3/q+1. The molecule has 3 saturated heterocycles. The summed E-state index contributed by atoms with van der Waals surface area (Å²) < 4.78 is 6.23. The van der Waals surface area contributed by atoms with Crippen molar-refractivity contribution in [3.05, 3.63) is 0 Å². The van der Waals surface area contributed by atoms with E-state index >= 15 is 0 Å². The summed E-state index contributed by atoms with van der Waals surface area (Å²) in [5.74, 6) is 0.249. The topological polar surface area (TPSA) is 26.3 Å². The van der Waals surface area contributed by atoms with Gasteiger partial charge in [-0.05, 0) is 6.42 Å². The second-order valence-electron chi connectivity index (χ2n) is 5.41. The fraction of sp³-hybridized carbons (Fsp3) is 0.917. The summed E-state index contributed by atoms with van der Waals surface area (Å²) in [7, 11) is 1.53. The Balaban J connectivity index is 1.86. The highest BCUT2D eigenvalue weighted by Gasteiger charge is 2.60. The zero-order valence-electron chi connectivity index (χ0n) is 9.45. The zero-order valence-corrected chi connectivity index (χ0v) is 9.45. The Kier molecular flexibility index (Phi) is 2.06. The van der Waals surface area contributed by atoms with Gasteiger partial charge < -0.3 is 9.22 Å². The molecule has 2 bridgehead atoms. The highest BCUT2D eigenvalue weighted by atomic mass is 16.5. The van der Waals surface area contributed by atoms with Crippen molar-refractivity contribution in [3.8, 4) is 0 Å². The third-order valence-corrected chi connectivity index (χ3v) is 5.11. The van der Waals surface area contributed by atoms with Crippen LogP contribution in [-0.2, 0) is 9.53 Å². The molecule has 0 radical (unpaired) electrons. The van der Waals surface area contributed by atoms with Crippen molar-refractivity contribution >= 4 is 5.97 Å². The summed E-state index contributed by atoms with van der Waals surface area (Å²) in [6.45, 7) is 2.64. The maximum absolute atomic E-state index is 11.8. The van der Waals surface area contributed by atoms with Gasteiger partial charge in [0.2, 0.25) is 0 Å². The quantitative estimate of drug-likeness (QED) is 0.482. The van der Waals surface area contributed by atoms with Crippen LogP contribution < -0.4 is 0 Å². The van der Waals surface area contributed by atoms with Crippen molar-refractivity contribution in [1.29, 1.82) is 0 Å². The molecule has 3 fully saturated rings. The molecule has 84 valence electrons. The van der Waals surface area contributed by atoms with E-state index in [-0.39, 0.29) is 11.9 Å². The van der Waals surface area contributed by atoms with E-state index in [2.05, 4.69) is 0 Å². The molecule has 3 unspecified atom stereocenters. The second kappa shape index (κ2) is 3.21. The van der Waals surface area contributed by atoms with E-state index in [9.17, 15) is 4.79 Å². The van der Waals surface area contributed by atoms with Crippen LogP contribution in [0.1, 0.15) is 32.1 Å². The third-order valence-electron chi connectivity index (χ3n) is 5.11. The lowest BCUT2D eigenvalue weighted by Crippen LogP contribution is -2.69. The van der Waals surface area contributed by atoms with Gasteiger partial charge in [0.25, 0.3) is 0 Å². The van der Waals surface area contributed by atoms with Crippen molar-refractivity contribution in [3.63, 3.8) is 0 Å². The van der Waals surface area contributed by atoms with Crippen molar-refractivity contribution in [2.24, 2.45) is 5.92 Å². The molecule has 3 aliphatic rings. The third kappa shape index (κ3) is 1.13. The largest absolute Gasteiger partial charge is 0.469 e. The molecule has 1 spiro atoms. The first-order chi connectivity index (χ1) is 7.28. The first kappa shape index (κ1) is 9.64. The van der Waals surface area contributed by atoms with Crippen LogP contribution in [0.2, 0.25) is 0 Å². The molecular weight excluding hydrogens is 190 g/mol. The van der Waals surface area contributed by atoms with Crippen molar-refractivity contribution < 1.29 is 14.0 Å². The van der Waals surface area contributed by atoms with Crippen LogP contribution in [-0.4, -0.2) is 42.7 Å². The smallest absolute Gasteiger partial charge is 0.314 e. The number of carbonyl (C=O) groups excluding carboxylic acids is 1. The molecule has 3 heteroatoms. The number of ether oxygens (including phenoxy) is 1. The monoisotopic (exact) mass is 210 g/mol. The SMILES string of the molecule is COC(=O)C1CCC2CCC1[N+]21CCC1. The van der Waals surface area contributed by atoms with Gasteiger partial charge in [-0.25, -0.2) is 0 Å². The van der Waals surface area contributed by atoms with Crippen molar-refractivity contribution in [2.45, 2.75) is 44.2 Å². The summed E-state index contributed by atoms with van der Waals surface area (Å²) in [4.78, 5) is 11.8. The highest BCUT2D eigenvalue weighted by Crippen LogP contribution is 2.49. The Morgan fingerprint density at radius 1 is 1.20 bits per heavy atom. The van der Waals surface area contributed by atoms with Gasteiger partial charge >= 0.3 is 5.97 Å². The lowest BCUT2D eigenvalue weighted by molar-refractivity contribution is -1.00. The predicted molar refractivity (Wildman–Crippen MR) is 56.2 cm³/mol. The maximum Gasteiger partial charge on any atom is 0.314 e.